The van der Waals surface area contributed by atoms with Crippen LogP contribution >= 0.6 is 0 Å². The van der Waals surface area contributed by atoms with Crippen molar-refractivity contribution in [2.45, 2.75) is 51.9 Å². The lowest BCUT2D eigenvalue weighted by atomic mass is 9.94. The largest absolute Gasteiger partial charge is 0.389 e. The van der Waals surface area contributed by atoms with Gasteiger partial charge in [0.25, 0.3) is 0 Å². The maximum atomic E-state index is 12.6. The number of hydrogen-bond acceptors (Lipinski definition) is 3. The second-order valence-corrected chi connectivity index (χ2v) is 6.22. The Kier molecular flexibility index (Phi) is 7.39. The molecule has 0 saturated heterocycles. The van der Waals surface area contributed by atoms with Crippen LogP contribution in [0.25, 0.3) is 0 Å². The summed E-state index contributed by atoms with van der Waals surface area (Å²) in [6.45, 7) is 4.13. The van der Waals surface area contributed by atoms with E-state index in [1.165, 1.54) is 0 Å². The summed E-state index contributed by atoms with van der Waals surface area (Å²) >= 11 is 0. The maximum absolute atomic E-state index is 12.6. The van der Waals surface area contributed by atoms with E-state index in [0.717, 1.165) is 36.8 Å². The number of ether oxygens (including phenoxy) is 1. The quantitative estimate of drug-likeness (QED) is 0.485. The highest BCUT2D eigenvalue weighted by Crippen LogP contribution is 2.24. The molecular weight excluding hydrogens is 312 g/mol. The summed E-state index contributed by atoms with van der Waals surface area (Å²) in [5, 5.41) is 0. The molecule has 1 atom stereocenters. The molecule has 0 aliphatic heterocycles. The Morgan fingerprint density at radius 3 is 2.28 bits per heavy atom. The number of benzene rings is 2. The Morgan fingerprint density at radius 2 is 1.60 bits per heavy atom. The van der Waals surface area contributed by atoms with Crippen molar-refractivity contribution in [1.82, 2.24) is 0 Å². The summed E-state index contributed by atoms with van der Waals surface area (Å²) in [6, 6.07) is 16.9. The lowest BCUT2D eigenvalue weighted by Gasteiger charge is -2.15. The van der Waals surface area contributed by atoms with Crippen molar-refractivity contribution >= 4 is 11.9 Å². The van der Waals surface area contributed by atoms with E-state index >= 15 is 0 Å². The molecule has 1 unspecified atom stereocenters. The maximum Gasteiger partial charge on any atom is 0.346 e. The molecule has 0 spiro atoms. The predicted molar refractivity (Wildman–Crippen MR) is 99.6 cm³/mol. The van der Waals surface area contributed by atoms with Crippen molar-refractivity contribution in [2.24, 2.45) is 0 Å². The Bertz CT molecular complexity index is 691. The topological polar surface area (TPSA) is 43.4 Å². The van der Waals surface area contributed by atoms with E-state index in [1.807, 2.05) is 49.4 Å². The van der Waals surface area contributed by atoms with Gasteiger partial charge in [0, 0.05) is 0 Å². The molecule has 0 bridgehead atoms. The monoisotopic (exact) mass is 338 g/mol. The number of carbonyl (C=O) groups is 2. The number of hydrogen-bond donors (Lipinski definition) is 0. The normalized spacial score (nSPS) is 11.8. The third kappa shape index (κ3) is 5.28. The van der Waals surface area contributed by atoms with Gasteiger partial charge in [-0.05, 0) is 36.5 Å². The van der Waals surface area contributed by atoms with Crippen LogP contribution in [0, 0.1) is 0 Å². The van der Waals surface area contributed by atoms with Gasteiger partial charge in [-0.2, -0.15) is 0 Å². The zero-order valence-electron chi connectivity index (χ0n) is 15.0. The zero-order chi connectivity index (χ0) is 18.1. The van der Waals surface area contributed by atoms with Gasteiger partial charge in [0.1, 0.15) is 0 Å². The second-order valence-electron chi connectivity index (χ2n) is 6.22. The average Bonchev–Trinajstić information content (AvgIpc) is 2.65. The van der Waals surface area contributed by atoms with Crippen LogP contribution in [-0.4, -0.2) is 11.9 Å². The zero-order valence-corrected chi connectivity index (χ0v) is 15.0. The predicted octanol–water partition coefficient (Wildman–Crippen LogP) is 5.30. The van der Waals surface area contributed by atoms with Crippen LogP contribution in [-0.2, 0) is 16.0 Å². The van der Waals surface area contributed by atoms with Crippen LogP contribution in [0.4, 0.5) is 0 Å². The van der Waals surface area contributed by atoms with Crippen LogP contribution in [0.15, 0.2) is 54.6 Å². The van der Waals surface area contributed by atoms with E-state index in [2.05, 4.69) is 6.92 Å². The van der Waals surface area contributed by atoms with E-state index in [1.54, 1.807) is 12.1 Å². The highest BCUT2D eigenvalue weighted by molar-refractivity contribution is 5.99. The molecular formula is C22H26O3. The van der Waals surface area contributed by atoms with Crippen LogP contribution in [0.2, 0.25) is 0 Å². The van der Waals surface area contributed by atoms with Crippen LogP contribution in [0.5, 0.6) is 0 Å². The smallest absolute Gasteiger partial charge is 0.346 e. The van der Waals surface area contributed by atoms with Gasteiger partial charge in [0.05, 0.1) is 11.5 Å². The molecule has 0 aromatic heterocycles. The van der Waals surface area contributed by atoms with Crippen molar-refractivity contribution in [1.29, 1.82) is 0 Å². The van der Waals surface area contributed by atoms with Gasteiger partial charge in [0.2, 0.25) is 0 Å². The summed E-state index contributed by atoms with van der Waals surface area (Å²) in [4.78, 5) is 25.1. The molecule has 0 radical (unpaired) electrons. The fraction of sp³-hybridized carbons (Fsp3) is 0.364. The summed E-state index contributed by atoms with van der Waals surface area (Å²) in [5.74, 6) is -1.42. The van der Waals surface area contributed by atoms with Gasteiger partial charge in [-0.1, -0.05) is 75.2 Å². The first-order valence-electron chi connectivity index (χ1n) is 9.06. The van der Waals surface area contributed by atoms with Crippen molar-refractivity contribution < 1.29 is 14.3 Å². The highest BCUT2D eigenvalue weighted by Gasteiger charge is 2.25. The minimum absolute atomic E-state index is 0.405. The molecule has 0 heterocycles. The minimum Gasteiger partial charge on any atom is -0.389 e. The summed E-state index contributed by atoms with van der Waals surface area (Å²) in [5.41, 5.74) is 2.32. The van der Waals surface area contributed by atoms with Crippen LogP contribution < -0.4 is 0 Å². The van der Waals surface area contributed by atoms with Gasteiger partial charge in [-0.15, -0.1) is 0 Å². The Hall–Kier alpha value is -2.42. The van der Waals surface area contributed by atoms with E-state index in [-0.39, 0.29) is 0 Å². The van der Waals surface area contributed by atoms with Gasteiger partial charge < -0.3 is 4.74 Å². The van der Waals surface area contributed by atoms with Crippen molar-refractivity contribution in [3.05, 3.63) is 71.3 Å². The van der Waals surface area contributed by atoms with Crippen molar-refractivity contribution in [3.63, 3.8) is 0 Å². The summed E-state index contributed by atoms with van der Waals surface area (Å²) in [6.07, 6.45) is 4.37. The lowest BCUT2D eigenvalue weighted by molar-refractivity contribution is -0.139. The van der Waals surface area contributed by atoms with Gasteiger partial charge >= 0.3 is 11.9 Å². The molecule has 2 aromatic carbocycles. The molecule has 2 aromatic rings. The first kappa shape index (κ1) is 18.9. The molecule has 25 heavy (non-hydrogen) atoms. The molecule has 0 saturated carbocycles. The molecule has 2 rings (SSSR count). The molecule has 3 nitrogen and oxygen atoms in total. The van der Waals surface area contributed by atoms with Crippen LogP contribution in [0.1, 0.15) is 66.9 Å². The number of carbonyl (C=O) groups excluding carboxylic acids is 2. The number of aryl methyl sites for hydroxylation is 1. The molecule has 3 heteroatoms. The van der Waals surface area contributed by atoms with Crippen LogP contribution in [0.3, 0.4) is 0 Å². The summed E-state index contributed by atoms with van der Waals surface area (Å²) < 4.78 is 5.25. The number of esters is 2. The lowest BCUT2D eigenvalue weighted by Crippen LogP contribution is -2.21. The molecule has 132 valence electrons. The van der Waals surface area contributed by atoms with Gasteiger partial charge in [-0.3, -0.25) is 4.79 Å². The number of unbranched alkanes of at least 4 members (excludes halogenated alkanes) is 1. The molecule has 0 aliphatic rings. The first-order chi connectivity index (χ1) is 12.2. The number of rotatable bonds is 8. The Morgan fingerprint density at radius 1 is 0.920 bits per heavy atom. The highest BCUT2D eigenvalue weighted by atomic mass is 16.6. The second kappa shape index (κ2) is 9.77. The van der Waals surface area contributed by atoms with Gasteiger partial charge in [0.15, 0.2) is 0 Å². The Balaban J connectivity index is 2.14. The SMILES string of the molecule is CCCCc1ccccc1C(=O)OC(=O)C(CCC)c1ccccc1. The van der Waals surface area contributed by atoms with E-state index in [9.17, 15) is 9.59 Å². The van der Waals surface area contributed by atoms with Crippen molar-refractivity contribution in [2.75, 3.05) is 0 Å². The first-order valence-corrected chi connectivity index (χ1v) is 9.06. The summed E-state index contributed by atoms with van der Waals surface area (Å²) in [7, 11) is 0. The van der Waals surface area contributed by atoms with E-state index < -0.39 is 17.9 Å². The molecule has 0 N–H and O–H groups in total. The molecule has 0 aliphatic carbocycles. The van der Waals surface area contributed by atoms with Gasteiger partial charge in [-0.25, -0.2) is 4.79 Å². The van der Waals surface area contributed by atoms with E-state index in [0.29, 0.717) is 12.0 Å². The van der Waals surface area contributed by atoms with Crippen molar-refractivity contribution in [3.8, 4) is 0 Å². The average molecular weight is 338 g/mol. The Labute approximate surface area is 150 Å². The molecule has 0 amide bonds. The molecule has 0 fully saturated rings. The standard InChI is InChI=1S/C22H26O3/c1-3-5-12-17-15-9-10-16-20(17)22(24)25-21(23)19(11-4-2)18-13-7-6-8-14-18/h6-10,13-16,19H,3-5,11-12H2,1-2H3. The minimum atomic E-state index is -0.547. The third-order valence-corrected chi connectivity index (χ3v) is 4.29. The van der Waals surface area contributed by atoms with E-state index in [4.69, 9.17) is 4.74 Å². The third-order valence-electron chi connectivity index (χ3n) is 4.29. The fourth-order valence-corrected chi connectivity index (χ4v) is 2.92. The fourth-order valence-electron chi connectivity index (χ4n) is 2.92.